The van der Waals surface area contributed by atoms with Gasteiger partial charge < -0.3 is 19.1 Å². The molecule has 1 amide bonds. The van der Waals surface area contributed by atoms with Crippen molar-refractivity contribution in [3.63, 3.8) is 0 Å². The summed E-state index contributed by atoms with van der Waals surface area (Å²) in [5.74, 6) is -0.587. The molecule has 19 nitrogen and oxygen atoms in total. The summed E-state index contributed by atoms with van der Waals surface area (Å²) in [5, 5.41) is 46.8. The van der Waals surface area contributed by atoms with Gasteiger partial charge in [0.25, 0.3) is 0 Å². The minimum absolute atomic E-state index is 0.0344. The van der Waals surface area contributed by atoms with Gasteiger partial charge in [0.1, 0.15) is 11.8 Å². The number of amides is 1. The summed E-state index contributed by atoms with van der Waals surface area (Å²) in [4.78, 5) is 51.1. The number of rotatable bonds is 21. The van der Waals surface area contributed by atoms with Crippen LogP contribution in [0.2, 0.25) is 0 Å². The van der Waals surface area contributed by atoms with Crippen LogP contribution < -0.4 is 4.74 Å². The Kier molecular flexibility index (Phi) is 16.8. The molecule has 4 aromatic rings. The lowest BCUT2D eigenvalue weighted by Crippen LogP contribution is -2.48. The van der Waals surface area contributed by atoms with Crippen LogP contribution in [-0.2, 0) is 41.9 Å². The number of hydrogen-bond donors (Lipinski definition) is 4. The molecule has 56 heavy (non-hydrogen) atoms. The van der Waals surface area contributed by atoms with Gasteiger partial charge in [0.05, 0.1) is 30.6 Å². The molecule has 1 unspecified atom stereocenters. The second kappa shape index (κ2) is 21.6. The van der Waals surface area contributed by atoms with Crippen molar-refractivity contribution in [2.45, 2.75) is 78.8 Å². The zero-order chi connectivity index (χ0) is 40.6. The predicted molar refractivity (Wildman–Crippen MR) is 193 cm³/mol. The van der Waals surface area contributed by atoms with Crippen LogP contribution in [0.25, 0.3) is 22.5 Å². The fraction of sp³-hybridized carbons (Fsp3) is 0.405. The van der Waals surface area contributed by atoms with Crippen molar-refractivity contribution >= 4 is 18.0 Å². The van der Waals surface area contributed by atoms with Gasteiger partial charge in [-0.05, 0) is 58.9 Å². The molecule has 0 bridgehead atoms. The molecule has 4 N–H and O–H groups in total. The summed E-state index contributed by atoms with van der Waals surface area (Å²) in [5.41, 5.74) is 3.54. The molecule has 0 aliphatic heterocycles. The topological polar surface area (TPSA) is 232 Å². The minimum Gasteiger partial charge on any atom is -0.464 e. The number of esters is 1. The fourth-order valence-corrected chi connectivity index (χ4v) is 5.58. The van der Waals surface area contributed by atoms with Gasteiger partial charge in [-0.15, -0.1) is 15.0 Å². The number of hydrogen-bond acceptors (Lipinski definition) is 17. The molecular formula is C37H47N7O12. The summed E-state index contributed by atoms with van der Waals surface area (Å²) in [6.07, 6.45) is -0.0777. The first-order valence-electron chi connectivity index (χ1n) is 17.9. The van der Waals surface area contributed by atoms with E-state index >= 15 is 0 Å². The Hall–Kier alpha value is -5.38. The van der Waals surface area contributed by atoms with Gasteiger partial charge in [0, 0.05) is 24.9 Å². The first-order chi connectivity index (χ1) is 26.9. The maximum absolute atomic E-state index is 13.5. The van der Waals surface area contributed by atoms with Gasteiger partial charge in [0.2, 0.25) is 18.0 Å². The predicted octanol–water partition coefficient (Wildman–Crippen LogP) is 5.74. The van der Waals surface area contributed by atoms with E-state index < -0.39 is 35.2 Å². The number of carbonyl (C=O) groups excluding carboxylic acids is 3. The summed E-state index contributed by atoms with van der Waals surface area (Å²) >= 11 is 0. The number of tetrazole rings is 1. The summed E-state index contributed by atoms with van der Waals surface area (Å²) in [6.45, 7) is 7.06. The van der Waals surface area contributed by atoms with Crippen LogP contribution in [0.1, 0.15) is 70.7 Å². The van der Waals surface area contributed by atoms with Crippen molar-refractivity contribution in [2.75, 3.05) is 13.2 Å². The molecule has 0 spiro atoms. The second-order valence-corrected chi connectivity index (χ2v) is 12.8. The molecule has 1 aromatic heterocycles. The molecule has 0 saturated heterocycles. The Morgan fingerprint density at radius 3 is 2.21 bits per heavy atom. The molecule has 2 atom stereocenters. The number of aromatic nitrogens is 4. The van der Waals surface area contributed by atoms with Gasteiger partial charge in [-0.3, -0.25) is 30.5 Å². The van der Waals surface area contributed by atoms with Crippen LogP contribution in [0.4, 0.5) is 4.79 Å². The Morgan fingerprint density at radius 1 is 0.821 bits per heavy atom. The van der Waals surface area contributed by atoms with Gasteiger partial charge in [0.15, 0.2) is 0 Å². The maximum atomic E-state index is 13.5. The van der Waals surface area contributed by atoms with Crippen molar-refractivity contribution in [3.8, 4) is 28.3 Å². The van der Waals surface area contributed by atoms with Crippen LogP contribution in [0, 0.1) is 5.92 Å². The Bertz CT molecular complexity index is 1860. The highest BCUT2D eigenvalue weighted by Crippen LogP contribution is 2.31. The SMILES string of the molecule is CCCCC(=O)N(Cc1ccc(-c2ccccc2-c2nnn(C(C)OC(=O)Oc3cccc(CON(O)O)c3)n2)cc1)[C@H](C(=O)OCCCON(O)O)C(C)C. The zero-order valence-electron chi connectivity index (χ0n) is 31.5. The van der Waals surface area contributed by atoms with Crippen LogP contribution in [0.3, 0.4) is 0 Å². The molecular weight excluding hydrogens is 734 g/mol. The highest BCUT2D eigenvalue weighted by Gasteiger charge is 2.33. The first kappa shape index (κ1) is 43.3. The fourth-order valence-electron chi connectivity index (χ4n) is 5.58. The third kappa shape index (κ3) is 13.1. The molecule has 19 heteroatoms. The van der Waals surface area contributed by atoms with E-state index in [0.29, 0.717) is 17.5 Å². The third-order valence-corrected chi connectivity index (χ3v) is 8.27. The second-order valence-electron chi connectivity index (χ2n) is 12.8. The maximum Gasteiger partial charge on any atom is 0.515 e. The number of benzene rings is 3. The minimum atomic E-state index is -1.03. The largest absolute Gasteiger partial charge is 0.515 e. The summed E-state index contributed by atoms with van der Waals surface area (Å²) in [6, 6.07) is 20.3. The summed E-state index contributed by atoms with van der Waals surface area (Å²) < 4.78 is 16.1. The molecule has 0 aliphatic carbocycles. The first-order valence-corrected chi connectivity index (χ1v) is 17.9. The molecule has 0 fully saturated rings. The average molecular weight is 782 g/mol. The van der Waals surface area contributed by atoms with E-state index in [9.17, 15) is 14.4 Å². The quantitative estimate of drug-likeness (QED) is 0.0341. The van der Waals surface area contributed by atoms with E-state index in [-0.39, 0.29) is 62.6 Å². The Balaban J connectivity index is 1.45. The molecule has 0 radical (unpaired) electrons. The van der Waals surface area contributed by atoms with E-state index in [4.69, 9.17) is 35.0 Å². The highest BCUT2D eigenvalue weighted by atomic mass is 17.1. The molecule has 4 rings (SSSR count). The lowest BCUT2D eigenvalue weighted by atomic mass is 9.97. The summed E-state index contributed by atoms with van der Waals surface area (Å²) in [7, 11) is 0. The van der Waals surface area contributed by atoms with Crippen molar-refractivity contribution in [3.05, 3.63) is 83.9 Å². The van der Waals surface area contributed by atoms with Gasteiger partial charge in [-0.1, -0.05) is 87.9 Å². The average Bonchev–Trinajstić information content (AvgIpc) is 3.66. The van der Waals surface area contributed by atoms with Crippen molar-refractivity contribution < 1.29 is 59.1 Å². The lowest BCUT2D eigenvalue weighted by Gasteiger charge is -2.33. The normalized spacial score (nSPS) is 12.5. The lowest BCUT2D eigenvalue weighted by molar-refractivity contribution is -0.497. The van der Waals surface area contributed by atoms with Gasteiger partial charge in [-0.25, -0.2) is 14.4 Å². The smallest absolute Gasteiger partial charge is 0.464 e. The molecule has 0 saturated carbocycles. The van der Waals surface area contributed by atoms with Gasteiger partial charge in [-0.2, -0.15) is 0 Å². The van der Waals surface area contributed by atoms with Crippen LogP contribution in [-0.4, -0.2) is 94.0 Å². The standard InChI is InChI=1S/C37H47N7O12/c1-5-6-15-33(45)41(34(25(2)3)36(46)52-20-10-21-53-43(48)49)23-27-16-18-29(19-17-27)31-13-7-8-14-32(31)35-38-40-42(39-35)26(4)55-37(47)56-30-12-9-11-28(22-30)24-54-44(50)51/h7-9,11-14,16-19,22,25-26,34,48-51H,5-6,10,15,20-21,23-24H2,1-4H3/t26?,34-/m0/s1. The van der Waals surface area contributed by atoms with Crippen molar-refractivity contribution in [1.29, 1.82) is 0 Å². The zero-order valence-corrected chi connectivity index (χ0v) is 31.5. The van der Waals surface area contributed by atoms with Crippen molar-refractivity contribution in [2.24, 2.45) is 5.92 Å². The third-order valence-electron chi connectivity index (χ3n) is 8.27. The molecule has 1 heterocycles. The van der Waals surface area contributed by atoms with Crippen molar-refractivity contribution in [1.82, 2.24) is 35.9 Å². The number of ether oxygens (including phenoxy) is 3. The molecule has 302 valence electrons. The highest BCUT2D eigenvalue weighted by molar-refractivity contribution is 5.85. The van der Waals surface area contributed by atoms with Crippen LogP contribution >= 0.6 is 0 Å². The van der Waals surface area contributed by atoms with E-state index in [1.165, 1.54) is 19.1 Å². The van der Waals surface area contributed by atoms with E-state index in [2.05, 4.69) is 25.1 Å². The van der Waals surface area contributed by atoms with E-state index in [1.54, 1.807) is 17.0 Å². The number of carbonyl (C=O) groups is 3. The van der Waals surface area contributed by atoms with Gasteiger partial charge >= 0.3 is 12.1 Å². The van der Waals surface area contributed by atoms with Crippen LogP contribution in [0.15, 0.2) is 72.8 Å². The number of nitrogens with zero attached hydrogens (tertiary/aromatic N) is 7. The Morgan fingerprint density at radius 2 is 1.54 bits per heavy atom. The molecule has 3 aromatic carbocycles. The number of unbranched alkanes of at least 4 members (excludes halogenated alkanes) is 1. The van der Waals surface area contributed by atoms with E-state index in [1.807, 2.05) is 69.3 Å². The Labute approximate surface area is 322 Å². The van der Waals surface area contributed by atoms with E-state index in [0.717, 1.165) is 27.9 Å². The molecule has 0 aliphatic rings. The monoisotopic (exact) mass is 781 g/mol. The van der Waals surface area contributed by atoms with Crippen LogP contribution in [0.5, 0.6) is 5.75 Å².